The summed E-state index contributed by atoms with van der Waals surface area (Å²) in [4.78, 5) is 11.6. The van der Waals surface area contributed by atoms with Crippen molar-refractivity contribution in [3.8, 4) is 23.7 Å². The molecule has 0 rings (SSSR count). The van der Waals surface area contributed by atoms with Crippen molar-refractivity contribution in [2.75, 3.05) is 13.2 Å². The summed E-state index contributed by atoms with van der Waals surface area (Å²) < 4.78 is 34.8. The van der Waals surface area contributed by atoms with Crippen LogP contribution in [0.15, 0.2) is 0 Å². The minimum Gasteiger partial charge on any atom is -0.726 e. The molecule has 196 valence electrons. The van der Waals surface area contributed by atoms with Gasteiger partial charge in [0.15, 0.2) is 0 Å². The first kappa shape index (κ1) is 37.2. The van der Waals surface area contributed by atoms with E-state index in [4.69, 9.17) is 0 Å². The Bertz CT molecular complexity index is 719. The summed E-state index contributed by atoms with van der Waals surface area (Å²) >= 11 is 0. The van der Waals surface area contributed by atoms with Crippen molar-refractivity contribution < 1.29 is 73.3 Å². The zero-order valence-corrected chi connectivity index (χ0v) is 26.2. The van der Waals surface area contributed by atoms with E-state index in [1.807, 2.05) is 0 Å². The Kier molecular flexibility index (Phi) is 30.5. The first-order valence-corrected chi connectivity index (χ1v) is 14.6. The average molecular weight is 536 g/mol. The van der Waals surface area contributed by atoms with Crippen LogP contribution < -0.4 is 56.7 Å². The zero-order chi connectivity index (χ0) is 25.2. The molecular formula is C27H46KNO5S. The minimum atomic E-state index is -4.69. The summed E-state index contributed by atoms with van der Waals surface area (Å²) in [7, 11) is -4.69. The van der Waals surface area contributed by atoms with Gasteiger partial charge in [-0.2, -0.15) is 0 Å². The molecule has 0 aromatic rings. The SMILES string of the molecule is CCCCCCCCCCCCC#CC#CCCCCCCCCC(=O)NCCOS(=O)(=O)[O-].[K+]. The second-order valence-corrected chi connectivity index (χ2v) is 9.79. The van der Waals surface area contributed by atoms with Crippen LogP contribution in [0, 0.1) is 23.7 Å². The van der Waals surface area contributed by atoms with Crippen molar-refractivity contribution in [3.63, 3.8) is 0 Å². The molecule has 1 N–H and O–H groups in total. The van der Waals surface area contributed by atoms with Gasteiger partial charge in [-0.1, -0.05) is 102 Å². The van der Waals surface area contributed by atoms with E-state index in [0.29, 0.717) is 6.42 Å². The standard InChI is InChI=1S/C27H47NO5S.K/c1-2-3-4-5-6-7-8-9-10-11-12-13-14-15-16-17-18-19-20-21-22-23-24-27(29)28-25-26-33-34(30,31)32;/h2-12,17-26H2,1H3,(H,28,29)(H,30,31,32);/q;+1/p-1. The van der Waals surface area contributed by atoms with Gasteiger partial charge in [0.25, 0.3) is 0 Å². The molecule has 0 heterocycles. The third-order valence-corrected chi connectivity index (χ3v) is 5.96. The van der Waals surface area contributed by atoms with E-state index in [2.05, 4.69) is 40.1 Å². The third-order valence-electron chi connectivity index (χ3n) is 5.50. The van der Waals surface area contributed by atoms with Crippen LogP contribution in [-0.2, 0) is 19.4 Å². The third kappa shape index (κ3) is 34.1. The average Bonchev–Trinajstić information content (AvgIpc) is 2.79. The van der Waals surface area contributed by atoms with Crippen molar-refractivity contribution in [1.82, 2.24) is 5.32 Å². The number of hydrogen-bond acceptors (Lipinski definition) is 5. The number of rotatable bonds is 22. The molecule has 0 unspecified atom stereocenters. The number of unbranched alkanes of at least 4 members (excludes halogenated alkanes) is 16. The van der Waals surface area contributed by atoms with Gasteiger partial charge in [-0.15, -0.1) is 0 Å². The first-order valence-electron chi connectivity index (χ1n) is 13.3. The summed E-state index contributed by atoms with van der Waals surface area (Å²) in [6.45, 7) is 1.95. The van der Waals surface area contributed by atoms with Gasteiger partial charge < -0.3 is 9.87 Å². The van der Waals surface area contributed by atoms with E-state index in [0.717, 1.165) is 51.4 Å². The van der Waals surface area contributed by atoms with E-state index < -0.39 is 10.4 Å². The molecule has 0 radical (unpaired) electrons. The first-order chi connectivity index (χ1) is 16.5. The molecule has 8 heteroatoms. The monoisotopic (exact) mass is 535 g/mol. The number of nitrogens with one attached hydrogen (secondary N) is 1. The maximum Gasteiger partial charge on any atom is 1.00 e. The van der Waals surface area contributed by atoms with Crippen LogP contribution in [0.1, 0.15) is 129 Å². The molecule has 0 saturated heterocycles. The molecule has 1 amide bonds. The van der Waals surface area contributed by atoms with Gasteiger partial charge in [0.2, 0.25) is 16.3 Å². The summed E-state index contributed by atoms with van der Waals surface area (Å²) in [5.74, 6) is 12.1. The van der Waals surface area contributed by atoms with E-state index in [9.17, 15) is 17.8 Å². The fraction of sp³-hybridized carbons (Fsp3) is 0.815. The molecule has 0 aliphatic rings. The number of carbonyl (C=O) groups excluding carboxylic acids is 1. The van der Waals surface area contributed by atoms with E-state index in [1.54, 1.807) is 0 Å². The summed E-state index contributed by atoms with van der Waals surface area (Å²) in [5, 5.41) is 2.53. The maximum atomic E-state index is 11.6. The Morgan fingerprint density at radius 3 is 1.63 bits per heavy atom. The van der Waals surface area contributed by atoms with Crippen LogP contribution in [-0.4, -0.2) is 32.0 Å². The van der Waals surface area contributed by atoms with Crippen molar-refractivity contribution in [3.05, 3.63) is 0 Å². The number of carbonyl (C=O) groups is 1. The predicted octanol–water partition coefficient (Wildman–Crippen LogP) is 3.02. The summed E-state index contributed by atoms with van der Waals surface area (Å²) in [5.41, 5.74) is 0. The van der Waals surface area contributed by atoms with Gasteiger partial charge in [-0.3, -0.25) is 8.98 Å². The van der Waals surface area contributed by atoms with Crippen molar-refractivity contribution >= 4 is 16.3 Å². The van der Waals surface area contributed by atoms with Crippen molar-refractivity contribution in [2.24, 2.45) is 0 Å². The summed E-state index contributed by atoms with van der Waals surface area (Å²) in [6, 6.07) is 0. The van der Waals surface area contributed by atoms with Gasteiger partial charge in [0.05, 0.1) is 6.61 Å². The second-order valence-electron chi connectivity index (χ2n) is 8.74. The van der Waals surface area contributed by atoms with Gasteiger partial charge in [-0.05, 0) is 31.1 Å². The Morgan fingerprint density at radius 2 is 1.17 bits per heavy atom. The molecule has 0 aromatic heterocycles. The van der Waals surface area contributed by atoms with Crippen LogP contribution in [0.4, 0.5) is 0 Å². The van der Waals surface area contributed by atoms with E-state index in [-0.39, 0.29) is 70.4 Å². The molecule has 0 atom stereocenters. The fourth-order valence-electron chi connectivity index (χ4n) is 3.54. The largest absolute Gasteiger partial charge is 1.00 e. The van der Waals surface area contributed by atoms with Gasteiger partial charge in [-0.25, -0.2) is 8.42 Å². The molecule has 0 aliphatic carbocycles. The van der Waals surface area contributed by atoms with E-state index in [1.165, 1.54) is 64.2 Å². The Balaban J connectivity index is 0. The van der Waals surface area contributed by atoms with Crippen LogP contribution in [0.5, 0.6) is 0 Å². The topological polar surface area (TPSA) is 95.5 Å². The fourth-order valence-corrected chi connectivity index (χ4v) is 3.83. The molecule has 35 heavy (non-hydrogen) atoms. The maximum absolute atomic E-state index is 11.6. The molecule has 0 saturated carbocycles. The quantitative estimate of drug-likeness (QED) is 0.0756. The number of hydrogen-bond donors (Lipinski definition) is 1. The molecule has 0 fully saturated rings. The number of amides is 1. The van der Waals surface area contributed by atoms with Crippen LogP contribution >= 0.6 is 0 Å². The Hall–Kier alpha value is 0.0964. The molecule has 0 bridgehead atoms. The van der Waals surface area contributed by atoms with Gasteiger partial charge >= 0.3 is 51.4 Å². The smallest absolute Gasteiger partial charge is 0.726 e. The van der Waals surface area contributed by atoms with Crippen LogP contribution in [0.2, 0.25) is 0 Å². The minimum absolute atomic E-state index is 0. The van der Waals surface area contributed by atoms with Gasteiger partial charge in [0.1, 0.15) is 0 Å². The van der Waals surface area contributed by atoms with E-state index >= 15 is 0 Å². The normalized spacial score (nSPS) is 10.5. The van der Waals surface area contributed by atoms with Crippen LogP contribution in [0.3, 0.4) is 0 Å². The Labute approximate surface area is 258 Å². The van der Waals surface area contributed by atoms with Gasteiger partial charge in [0, 0.05) is 25.8 Å². The molecule has 0 aliphatic heterocycles. The predicted molar refractivity (Wildman–Crippen MR) is 138 cm³/mol. The second kappa shape index (κ2) is 28.7. The molecule has 6 nitrogen and oxygen atoms in total. The molecule has 0 aromatic carbocycles. The van der Waals surface area contributed by atoms with Crippen LogP contribution in [0.25, 0.3) is 0 Å². The van der Waals surface area contributed by atoms with Crippen molar-refractivity contribution in [2.45, 2.75) is 129 Å². The zero-order valence-electron chi connectivity index (χ0n) is 22.3. The Morgan fingerprint density at radius 1 is 0.743 bits per heavy atom. The van der Waals surface area contributed by atoms with Crippen molar-refractivity contribution in [1.29, 1.82) is 0 Å². The molecule has 0 spiro atoms. The molecular weight excluding hydrogens is 489 g/mol. The summed E-state index contributed by atoms with van der Waals surface area (Å²) in [6.07, 6.45) is 21.9.